The van der Waals surface area contributed by atoms with E-state index >= 15 is 0 Å². The minimum Gasteiger partial charge on any atom is -0.392 e. The molecule has 1 saturated heterocycles. The number of nitrogens with zero attached hydrogens (tertiary/aromatic N) is 1. The minimum atomic E-state index is -0.180. The first-order valence-electron chi connectivity index (χ1n) is 4.20. The number of thioether (sulfide) groups is 1. The van der Waals surface area contributed by atoms with E-state index in [1.54, 1.807) is 0 Å². The third-order valence-corrected chi connectivity index (χ3v) is 3.19. The summed E-state index contributed by atoms with van der Waals surface area (Å²) in [7, 11) is 0. The van der Waals surface area contributed by atoms with Crippen molar-refractivity contribution in [2.45, 2.75) is 26.0 Å². The molecular weight excluding hydrogens is 158 g/mol. The summed E-state index contributed by atoms with van der Waals surface area (Å²) in [5, 5.41) is 9.17. The van der Waals surface area contributed by atoms with Gasteiger partial charge in [-0.15, -0.1) is 0 Å². The Morgan fingerprint density at radius 3 is 3.00 bits per heavy atom. The van der Waals surface area contributed by atoms with Crippen molar-refractivity contribution < 1.29 is 5.11 Å². The summed E-state index contributed by atoms with van der Waals surface area (Å²) in [5.74, 6) is 2.43. The van der Waals surface area contributed by atoms with Crippen LogP contribution in [-0.2, 0) is 0 Å². The van der Waals surface area contributed by atoms with Crippen LogP contribution in [0.25, 0.3) is 0 Å². The topological polar surface area (TPSA) is 23.5 Å². The maximum Gasteiger partial charge on any atom is 0.0639 e. The molecule has 11 heavy (non-hydrogen) atoms. The number of rotatable bonds is 2. The molecule has 1 aliphatic heterocycles. The van der Waals surface area contributed by atoms with Gasteiger partial charge in [-0.2, -0.15) is 11.8 Å². The van der Waals surface area contributed by atoms with Crippen molar-refractivity contribution in [1.29, 1.82) is 0 Å². The van der Waals surface area contributed by atoms with Gasteiger partial charge in [-0.1, -0.05) is 0 Å². The fourth-order valence-electron chi connectivity index (χ4n) is 1.37. The molecule has 66 valence electrons. The molecule has 0 spiro atoms. The average Bonchev–Trinajstić information content (AvgIpc) is 1.93. The van der Waals surface area contributed by atoms with Gasteiger partial charge in [0.05, 0.1) is 6.10 Å². The highest BCUT2D eigenvalue weighted by Crippen LogP contribution is 2.15. The average molecular weight is 175 g/mol. The van der Waals surface area contributed by atoms with Gasteiger partial charge in [0.1, 0.15) is 0 Å². The summed E-state index contributed by atoms with van der Waals surface area (Å²) < 4.78 is 0. The lowest BCUT2D eigenvalue weighted by atomic mass is 10.2. The molecule has 3 heteroatoms. The van der Waals surface area contributed by atoms with E-state index in [4.69, 9.17) is 0 Å². The van der Waals surface area contributed by atoms with Crippen molar-refractivity contribution in [3.05, 3.63) is 0 Å². The molecule has 0 aliphatic carbocycles. The third kappa shape index (κ3) is 3.01. The summed E-state index contributed by atoms with van der Waals surface area (Å²) in [6.45, 7) is 6.06. The predicted octanol–water partition coefficient (Wildman–Crippen LogP) is 0.804. The van der Waals surface area contributed by atoms with Crippen LogP contribution < -0.4 is 0 Å². The number of hydrogen-bond acceptors (Lipinski definition) is 3. The number of aliphatic hydroxyl groups excluding tert-OH is 1. The van der Waals surface area contributed by atoms with Gasteiger partial charge in [0, 0.05) is 30.6 Å². The summed E-state index contributed by atoms with van der Waals surface area (Å²) >= 11 is 2.01. The highest BCUT2D eigenvalue weighted by atomic mass is 32.2. The zero-order chi connectivity index (χ0) is 8.27. The first kappa shape index (κ1) is 9.36. The Morgan fingerprint density at radius 2 is 2.45 bits per heavy atom. The Hall–Kier alpha value is 0.270. The van der Waals surface area contributed by atoms with Gasteiger partial charge < -0.3 is 5.11 Å². The van der Waals surface area contributed by atoms with Crippen LogP contribution in [-0.4, -0.2) is 46.7 Å². The van der Waals surface area contributed by atoms with Gasteiger partial charge in [0.2, 0.25) is 0 Å². The lowest BCUT2D eigenvalue weighted by Gasteiger charge is -2.33. The van der Waals surface area contributed by atoms with E-state index in [1.165, 1.54) is 11.5 Å². The van der Waals surface area contributed by atoms with Crippen LogP contribution in [0.5, 0.6) is 0 Å². The van der Waals surface area contributed by atoms with Crippen LogP contribution >= 0.6 is 11.8 Å². The summed E-state index contributed by atoms with van der Waals surface area (Å²) in [6.07, 6.45) is -0.180. The standard InChI is InChI=1S/C8H17NOS/c1-7-6-11-4-3-9(7)5-8(2)10/h7-8,10H,3-6H2,1-2H3/t7?,8-/m1/s1. The summed E-state index contributed by atoms with van der Waals surface area (Å²) in [4.78, 5) is 2.36. The highest BCUT2D eigenvalue weighted by Gasteiger charge is 2.18. The molecule has 0 aromatic heterocycles. The zero-order valence-corrected chi connectivity index (χ0v) is 8.10. The van der Waals surface area contributed by atoms with Crippen LogP contribution in [0.15, 0.2) is 0 Å². The molecule has 0 aromatic carbocycles. The number of hydrogen-bond donors (Lipinski definition) is 1. The monoisotopic (exact) mass is 175 g/mol. The summed E-state index contributed by atoms with van der Waals surface area (Å²) in [5.41, 5.74) is 0. The van der Waals surface area contributed by atoms with Crippen LogP contribution in [0.4, 0.5) is 0 Å². The van der Waals surface area contributed by atoms with E-state index in [0.29, 0.717) is 6.04 Å². The van der Waals surface area contributed by atoms with Gasteiger partial charge in [-0.25, -0.2) is 0 Å². The quantitative estimate of drug-likeness (QED) is 0.671. The second-order valence-corrected chi connectivity index (χ2v) is 4.42. The van der Waals surface area contributed by atoms with Crippen molar-refractivity contribution >= 4 is 11.8 Å². The lowest BCUT2D eigenvalue weighted by Crippen LogP contribution is -2.43. The molecule has 0 amide bonds. The van der Waals surface area contributed by atoms with Gasteiger partial charge in [-0.05, 0) is 13.8 Å². The fourth-order valence-corrected chi connectivity index (χ4v) is 2.45. The third-order valence-electron chi connectivity index (χ3n) is 2.00. The first-order valence-corrected chi connectivity index (χ1v) is 5.35. The molecule has 1 heterocycles. The zero-order valence-electron chi connectivity index (χ0n) is 7.29. The SMILES string of the molecule is CC1CSCCN1C[C@@H](C)O. The van der Waals surface area contributed by atoms with Gasteiger partial charge in [0.25, 0.3) is 0 Å². The molecule has 0 bridgehead atoms. The predicted molar refractivity (Wildman–Crippen MR) is 50.0 cm³/mol. The smallest absolute Gasteiger partial charge is 0.0639 e. The fraction of sp³-hybridized carbons (Fsp3) is 1.00. The Kier molecular flexibility index (Phi) is 3.69. The van der Waals surface area contributed by atoms with E-state index in [0.717, 1.165) is 13.1 Å². The second-order valence-electron chi connectivity index (χ2n) is 3.27. The molecule has 2 atom stereocenters. The molecule has 0 radical (unpaired) electrons. The molecule has 1 aliphatic rings. The maximum absolute atomic E-state index is 9.17. The van der Waals surface area contributed by atoms with Crippen LogP contribution in [0.1, 0.15) is 13.8 Å². The molecule has 1 N–H and O–H groups in total. The Bertz CT molecular complexity index is 119. The van der Waals surface area contributed by atoms with Crippen molar-refractivity contribution in [2.24, 2.45) is 0 Å². The maximum atomic E-state index is 9.17. The van der Waals surface area contributed by atoms with Crippen molar-refractivity contribution in [3.8, 4) is 0 Å². The molecule has 2 nitrogen and oxygen atoms in total. The Balaban J connectivity index is 2.29. The van der Waals surface area contributed by atoms with E-state index in [-0.39, 0.29) is 6.10 Å². The van der Waals surface area contributed by atoms with Crippen molar-refractivity contribution in [1.82, 2.24) is 4.90 Å². The van der Waals surface area contributed by atoms with Crippen LogP contribution in [0.2, 0.25) is 0 Å². The molecule has 1 unspecified atom stereocenters. The Morgan fingerprint density at radius 1 is 1.73 bits per heavy atom. The molecule has 0 aromatic rings. The van der Waals surface area contributed by atoms with Crippen molar-refractivity contribution in [3.63, 3.8) is 0 Å². The number of β-amino-alcohol motifs (C(OH)–C–C–N with tert-alkyl or cyclic N) is 1. The van der Waals surface area contributed by atoms with E-state index in [9.17, 15) is 5.11 Å². The Labute approximate surface area is 73.0 Å². The van der Waals surface area contributed by atoms with Gasteiger partial charge >= 0.3 is 0 Å². The minimum absolute atomic E-state index is 0.180. The molecule has 0 saturated carbocycles. The summed E-state index contributed by atoms with van der Waals surface area (Å²) in [6, 6.07) is 0.642. The molecule has 1 fully saturated rings. The molecule has 1 rings (SSSR count). The van der Waals surface area contributed by atoms with Crippen LogP contribution in [0, 0.1) is 0 Å². The second kappa shape index (κ2) is 4.33. The van der Waals surface area contributed by atoms with Crippen molar-refractivity contribution in [2.75, 3.05) is 24.6 Å². The highest BCUT2D eigenvalue weighted by molar-refractivity contribution is 7.99. The van der Waals surface area contributed by atoms with Gasteiger partial charge in [0.15, 0.2) is 0 Å². The number of aliphatic hydroxyl groups is 1. The molecular formula is C8H17NOS. The largest absolute Gasteiger partial charge is 0.392 e. The first-order chi connectivity index (χ1) is 5.20. The van der Waals surface area contributed by atoms with E-state index in [1.807, 2.05) is 18.7 Å². The lowest BCUT2D eigenvalue weighted by molar-refractivity contribution is 0.111. The van der Waals surface area contributed by atoms with Gasteiger partial charge in [-0.3, -0.25) is 4.90 Å². The van der Waals surface area contributed by atoms with E-state index < -0.39 is 0 Å². The normalized spacial score (nSPS) is 30.3. The van der Waals surface area contributed by atoms with E-state index in [2.05, 4.69) is 11.8 Å². The van der Waals surface area contributed by atoms with Crippen LogP contribution in [0.3, 0.4) is 0 Å².